The lowest BCUT2D eigenvalue weighted by Crippen LogP contribution is -2.23. The van der Waals surface area contributed by atoms with Crippen LogP contribution >= 0.6 is 0 Å². The van der Waals surface area contributed by atoms with Gasteiger partial charge in [0.1, 0.15) is 6.07 Å². The number of ether oxygens (including phenoxy) is 1. The maximum Gasteiger partial charge on any atom is 0.257 e. The van der Waals surface area contributed by atoms with Gasteiger partial charge in [-0.1, -0.05) is 12.1 Å². The van der Waals surface area contributed by atoms with Gasteiger partial charge in [0, 0.05) is 29.7 Å². The zero-order chi connectivity index (χ0) is 17.2. The standard InChI is InChI=1S/C18H18N6O/c1-25-18-17(23-12-5-6-20-8-12)22-10-15(24-18)14-9-21-16-11(7-19)3-2-4-13(14)16/h2-4,9-10,12,20-21H,5-6,8H2,1H3,(H,22,23). The van der Waals surface area contributed by atoms with Crippen molar-refractivity contribution in [1.82, 2.24) is 20.3 Å². The third-order valence-corrected chi connectivity index (χ3v) is 4.45. The Hall–Kier alpha value is -3.11. The highest BCUT2D eigenvalue weighted by Crippen LogP contribution is 2.31. The van der Waals surface area contributed by atoms with E-state index in [0.29, 0.717) is 29.0 Å². The molecule has 0 amide bonds. The van der Waals surface area contributed by atoms with Crippen molar-refractivity contribution in [2.75, 3.05) is 25.5 Å². The van der Waals surface area contributed by atoms with Crippen LogP contribution in [-0.2, 0) is 0 Å². The van der Waals surface area contributed by atoms with Crippen molar-refractivity contribution in [1.29, 1.82) is 5.26 Å². The normalized spacial score (nSPS) is 16.7. The summed E-state index contributed by atoms with van der Waals surface area (Å²) in [4.78, 5) is 12.3. The number of benzene rings is 1. The van der Waals surface area contributed by atoms with Crippen LogP contribution in [0, 0.1) is 11.3 Å². The average molecular weight is 334 g/mol. The molecular weight excluding hydrogens is 316 g/mol. The first kappa shape index (κ1) is 15.4. The second kappa shape index (κ2) is 6.42. The maximum atomic E-state index is 9.24. The first-order chi connectivity index (χ1) is 12.3. The van der Waals surface area contributed by atoms with Gasteiger partial charge in [-0.2, -0.15) is 5.26 Å². The van der Waals surface area contributed by atoms with E-state index in [-0.39, 0.29) is 0 Å². The Morgan fingerprint density at radius 1 is 1.40 bits per heavy atom. The number of fused-ring (bicyclic) bond motifs is 1. The molecule has 1 aromatic carbocycles. The molecule has 1 fully saturated rings. The Balaban J connectivity index is 1.72. The molecule has 3 N–H and O–H groups in total. The zero-order valence-electron chi connectivity index (χ0n) is 13.8. The molecule has 0 spiro atoms. The van der Waals surface area contributed by atoms with E-state index in [9.17, 15) is 5.26 Å². The molecule has 0 aliphatic carbocycles. The summed E-state index contributed by atoms with van der Waals surface area (Å²) >= 11 is 0. The number of hydrogen-bond acceptors (Lipinski definition) is 6. The number of nitrogens with one attached hydrogen (secondary N) is 3. The Labute approximate surface area is 145 Å². The summed E-state index contributed by atoms with van der Waals surface area (Å²) in [5.41, 5.74) is 3.01. The fourth-order valence-corrected chi connectivity index (χ4v) is 3.17. The lowest BCUT2D eigenvalue weighted by atomic mass is 10.1. The van der Waals surface area contributed by atoms with Crippen molar-refractivity contribution in [2.24, 2.45) is 0 Å². The second-order valence-corrected chi connectivity index (χ2v) is 5.99. The fourth-order valence-electron chi connectivity index (χ4n) is 3.17. The molecule has 0 saturated carbocycles. The molecule has 1 saturated heterocycles. The largest absolute Gasteiger partial charge is 0.478 e. The van der Waals surface area contributed by atoms with Crippen LogP contribution in [0.1, 0.15) is 12.0 Å². The van der Waals surface area contributed by atoms with Gasteiger partial charge in [-0.05, 0) is 19.0 Å². The number of anilines is 1. The Kier molecular flexibility index (Phi) is 3.96. The quantitative estimate of drug-likeness (QED) is 0.677. The molecule has 25 heavy (non-hydrogen) atoms. The number of nitriles is 1. The average Bonchev–Trinajstić information content (AvgIpc) is 3.31. The lowest BCUT2D eigenvalue weighted by Gasteiger charge is -2.14. The minimum absolute atomic E-state index is 0.334. The molecule has 1 atom stereocenters. The van der Waals surface area contributed by atoms with Crippen molar-refractivity contribution < 1.29 is 4.74 Å². The molecule has 3 heterocycles. The predicted molar refractivity (Wildman–Crippen MR) is 95.5 cm³/mol. The Bertz CT molecular complexity index is 952. The molecule has 7 nitrogen and oxygen atoms in total. The first-order valence-corrected chi connectivity index (χ1v) is 8.19. The van der Waals surface area contributed by atoms with Gasteiger partial charge < -0.3 is 20.4 Å². The summed E-state index contributed by atoms with van der Waals surface area (Å²) in [5, 5.41) is 16.9. The molecule has 4 rings (SSSR count). The smallest absolute Gasteiger partial charge is 0.257 e. The van der Waals surface area contributed by atoms with Crippen LogP contribution in [-0.4, -0.2) is 41.2 Å². The molecule has 0 bridgehead atoms. The van der Waals surface area contributed by atoms with E-state index in [2.05, 4.69) is 31.7 Å². The van der Waals surface area contributed by atoms with Gasteiger partial charge in [-0.25, -0.2) is 9.97 Å². The number of rotatable bonds is 4. The van der Waals surface area contributed by atoms with E-state index >= 15 is 0 Å². The van der Waals surface area contributed by atoms with Gasteiger partial charge in [0.25, 0.3) is 5.88 Å². The van der Waals surface area contributed by atoms with Crippen LogP contribution in [0.3, 0.4) is 0 Å². The van der Waals surface area contributed by atoms with Crippen molar-refractivity contribution in [3.8, 4) is 23.2 Å². The van der Waals surface area contributed by atoms with Crippen LogP contribution in [0.4, 0.5) is 5.82 Å². The second-order valence-electron chi connectivity index (χ2n) is 5.99. The molecular formula is C18H18N6O. The van der Waals surface area contributed by atoms with Crippen LogP contribution in [0.25, 0.3) is 22.2 Å². The van der Waals surface area contributed by atoms with Gasteiger partial charge in [-0.3, -0.25) is 0 Å². The van der Waals surface area contributed by atoms with Gasteiger partial charge in [0.05, 0.1) is 30.1 Å². The lowest BCUT2D eigenvalue weighted by molar-refractivity contribution is 0.398. The van der Waals surface area contributed by atoms with Gasteiger partial charge in [-0.15, -0.1) is 0 Å². The van der Waals surface area contributed by atoms with Crippen LogP contribution in [0.5, 0.6) is 5.88 Å². The number of H-pyrrole nitrogens is 1. The van der Waals surface area contributed by atoms with E-state index in [1.54, 1.807) is 19.4 Å². The van der Waals surface area contributed by atoms with Crippen LogP contribution in [0.15, 0.2) is 30.6 Å². The third-order valence-electron chi connectivity index (χ3n) is 4.45. The van der Waals surface area contributed by atoms with E-state index in [0.717, 1.165) is 36.0 Å². The maximum absolute atomic E-state index is 9.24. The predicted octanol–water partition coefficient (Wildman–Crippen LogP) is 2.28. The number of hydrogen-bond donors (Lipinski definition) is 3. The van der Waals surface area contributed by atoms with Crippen LogP contribution in [0.2, 0.25) is 0 Å². The summed E-state index contributed by atoms with van der Waals surface area (Å²) in [7, 11) is 1.59. The van der Waals surface area contributed by atoms with Gasteiger partial charge in [0.2, 0.25) is 0 Å². The summed E-state index contributed by atoms with van der Waals surface area (Å²) in [5.74, 6) is 1.12. The van der Waals surface area contributed by atoms with Crippen molar-refractivity contribution >= 4 is 16.7 Å². The zero-order valence-corrected chi connectivity index (χ0v) is 13.8. The molecule has 1 aliphatic heterocycles. The number of aromatic amines is 1. The van der Waals surface area contributed by atoms with Crippen LogP contribution < -0.4 is 15.4 Å². The van der Waals surface area contributed by atoms with Crippen molar-refractivity contribution in [3.05, 3.63) is 36.2 Å². The highest BCUT2D eigenvalue weighted by Gasteiger charge is 2.19. The van der Waals surface area contributed by atoms with E-state index in [1.165, 1.54) is 0 Å². The summed E-state index contributed by atoms with van der Waals surface area (Å²) < 4.78 is 5.43. The van der Waals surface area contributed by atoms with Crippen molar-refractivity contribution in [3.63, 3.8) is 0 Å². The van der Waals surface area contributed by atoms with Crippen molar-refractivity contribution in [2.45, 2.75) is 12.5 Å². The summed E-state index contributed by atoms with van der Waals surface area (Å²) in [6.07, 6.45) is 4.63. The van der Waals surface area contributed by atoms with E-state index < -0.39 is 0 Å². The number of aromatic nitrogens is 3. The molecule has 7 heteroatoms. The first-order valence-electron chi connectivity index (χ1n) is 8.19. The molecule has 3 aromatic rings. The molecule has 2 aromatic heterocycles. The molecule has 126 valence electrons. The Morgan fingerprint density at radius 3 is 3.08 bits per heavy atom. The number of methoxy groups -OCH3 is 1. The number of para-hydroxylation sites is 1. The minimum atomic E-state index is 0.334. The van der Waals surface area contributed by atoms with Gasteiger partial charge >= 0.3 is 0 Å². The molecule has 1 unspecified atom stereocenters. The molecule has 1 aliphatic rings. The third kappa shape index (κ3) is 2.77. The number of nitrogens with zero attached hydrogens (tertiary/aromatic N) is 3. The van der Waals surface area contributed by atoms with E-state index in [1.807, 2.05) is 18.3 Å². The fraction of sp³-hybridized carbons (Fsp3) is 0.278. The highest BCUT2D eigenvalue weighted by atomic mass is 16.5. The molecule has 0 radical (unpaired) electrons. The summed E-state index contributed by atoms with van der Waals surface area (Å²) in [6, 6.07) is 8.15. The topological polar surface area (TPSA) is 98.7 Å². The Morgan fingerprint density at radius 2 is 2.32 bits per heavy atom. The summed E-state index contributed by atoms with van der Waals surface area (Å²) in [6.45, 7) is 1.91. The van der Waals surface area contributed by atoms with E-state index in [4.69, 9.17) is 4.74 Å². The SMILES string of the molecule is COc1nc(-c2c[nH]c3c(C#N)cccc23)cnc1NC1CCNC1. The highest BCUT2D eigenvalue weighted by molar-refractivity contribution is 5.97. The minimum Gasteiger partial charge on any atom is -0.478 e. The monoisotopic (exact) mass is 334 g/mol. The van der Waals surface area contributed by atoms with Gasteiger partial charge in [0.15, 0.2) is 5.82 Å².